The minimum absolute atomic E-state index is 0.284. The fraction of sp³-hybridized carbons (Fsp3) is 0.455. The molecule has 15 heavy (non-hydrogen) atoms. The Balaban J connectivity index is 2.28. The van der Waals surface area contributed by atoms with E-state index in [2.05, 4.69) is 31.9 Å². The first-order valence-corrected chi connectivity index (χ1v) is 6.79. The number of unbranched alkanes of at least 4 members (excludes halogenated alkanes) is 2. The van der Waals surface area contributed by atoms with Crippen LogP contribution >= 0.6 is 31.9 Å². The zero-order valence-corrected chi connectivity index (χ0v) is 11.5. The third kappa shape index (κ3) is 4.98. The average Bonchev–Trinajstić information content (AvgIpc) is 2.23. The maximum absolute atomic E-state index is 13.1. The van der Waals surface area contributed by atoms with Crippen LogP contribution in [0.2, 0.25) is 0 Å². The van der Waals surface area contributed by atoms with Gasteiger partial charge in [0, 0.05) is 11.4 Å². The van der Waals surface area contributed by atoms with Gasteiger partial charge in [0.2, 0.25) is 0 Å². The van der Waals surface area contributed by atoms with Gasteiger partial charge in [-0.2, -0.15) is 0 Å². The molecule has 1 aromatic rings. The van der Waals surface area contributed by atoms with E-state index in [-0.39, 0.29) is 5.82 Å². The van der Waals surface area contributed by atoms with E-state index in [4.69, 9.17) is 4.74 Å². The van der Waals surface area contributed by atoms with Crippen molar-refractivity contribution in [1.82, 2.24) is 0 Å². The van der Waals surface area contributed by atoms with Gasteiger partial charge in [-0.1, -0.05) is 15.9 Å². The fourth-order valence-corrected chi connectivity index (χ4v) is 1.77. The molecule has 84 valence electrons. The molecule has 0 aliphatic heterocycles. The molecule has 0 fully saturated rings. The van der Waals surface area contributed by atoms with Crippen LogP contribution in [0.25, 0.3) is 0 Å². The van der Waals surface area contributed by atoms with E-state index < -0.39 is 0 Å². The lowest BCUT2D eigenvalue weighted by Gasteiger charge is -2.06. The zero-order valence-electron chi connectivity index (χ0n) is 8.31. The van der Waals surface area contributed by atoms with Crippen LogP contribution < -0.4 is 4.74 Å². The van der Waals surface area contributed by atoms with Crippen molar-refractivity contribution in [2.45, 2.75) is 19.3 Å². The molecule has 0 spiro atoms. The van der Waals surface area contributed by atoms with Crippen LogP contribution in [0, 0.1) is 5.82 Å². The summed E-state index contributed by atoms with van der Waals surface area (Å²) in [6.07, 6.45) is 3.28. The third-order valence-electron chi connectivity index (χ3n) is 1.94. The Morgan fingerprint density at radius 2 is 2.00 bits per heavy atom. The molecule has 1 nitrogen and oxygen atoms in total. The zero-order chi connectivity index (χ0) is 11.1. The van der Waals surface area contributed by atoms with Crippen LogP contribution in [0.5, 0.6) is 5.75 Å². The normalized spacial score (nSPS) is 10.3. The number of alkyl halides is 1. The second kappa shape index (κ2) is 7.23. The van der Waals surface area contributed by atoms with Gasteiger partial charge in [0.1, 0.15) is 11.6 Å². The Kier molecular flexibility index (Phi) is 6.25. The van der Waals surface area contributed by atoms with E-state index in [9.17, 15) is 4.39 Å². The Morgan fingerprint density at radius 3 is 2.67 bits per heavy atom. The van der Waals surface area contributed by atoms with Crippen molar-refractivity contribution in [2.75, 3.05) is 11.9 Å². The molecule has 1 aromatic carbocycles. The fourth-order valence-electron chi connectivity index (χ4n) is 1.13. The van der Waals surface area contributed by atoms with E-state index in [1.807, 2.05) is 0 Å². The maximum Gasteiger partial charge on any atom is 0.141 e. The first-order valence-electron chi connectivity index (χ1n) is 4.88. The van der Waals surface area contributed by atoms with E-state index >= 15 is 0 Å². The lowest BCUT2D eigenvalue weighted by Crippen LogP contribution is -1.97. The molecule has 0 saturated heterocycles. The first kappa shape index (κ1) is 13.0. The molecule has 4 heteroatoms. The van der Waals surface area contributed by atoms with Crippen LogP contribution in [-0.2, 0) is 0 Å². The standard InChI is InChI=1S/C11H13Br2FO/c12-6-2-1-3-7-15-9-4-5-10(13)11(14)8-9/h4-5,8H,1-3,6-7H2. The van der Waals surface area contributed by atoms with Gasteiger partial charge in [-0.05, 0) is 47.3 Å². The SMILES string of the molecule is Fc1cc(OCCCCCBr)ccc1Br. The highest BCUT2D eigenvalue weighted by molar-refractivity contribution is 9.10. The van der Waals surface area contributed by atoms with Gasteiger partial charge in [0.05, 0.1) is 11.1 Å². The van der Waals surface area contributed by atoms with Crippen LogP contribution in [0.3, 0.4) is 0 Å². The highest BCUT2D eigenvalue weighted by Crippen LogP contribution is 2.21. The third-order valence-corrected chi connectivity index (χ3v) is 3.14. The molecule has 0 radical (unpaired) electrons. The van der Waals surface area contributed by atoms with E-state index in [0.717, 1.165) is 24.6 Å². The highest BCUT2D eigenvalue weighted by atomic mass is 79.9. The monoisotopic (exact) mass is 338 g/mol. The summed E-state index contributed by atoms with van der Waals surface area (Å²) in [5.74, 6) is 0.308. The van der Waals surface area contributed by atoms with Gasteiger partial charge in [-0.25, -0.2) is 4.39 Å². The van der Waals surface area contributed by atoms with Gasteiger partial charge in [-0.15, -0.1) is 0 Å². The summed E-state index contributed by atoms with van der Waals surface area (Å²) in [4.78, 5) is 0. The Hall–Kier alpha value is -0.0900. The smallest absolute Gasteiger partial charge is 0.141 e. The van der Waals surface area contributed by atoms with E-state index in [0.29, 0.717) is 16.8 Å². The maximum atomic E-state index is 13.1. The van der Waals surface area contributed by atoms with Crippen molar-refractivity contribution in [3.63, 3.8) is 0 Å². The van der Waals surface area contributed by atoms with Crippen LogP contribution in [0.15, 0.2) is 22.7 Å². The quantitative estimate of drug-likeness (QED) is 0.546. The molecular formula is C11H13Br2FO. The van der Waals surface area contributed by atoms with Crippen LogP contribution in [0.4, 0.5) is 4.39 Å². The number of halogens is 3. The molecule has 0 amide bonds. The number of hydrogen-bond acceptors (Lipinski definition) is 1. The lowest BCUT2D eigenvalue weighted by molar-refractivity contribution is 0.305. The summed E-state index contributed by atoms with van der Waals surface area (Å²) in [6, 6.07) is 4.81. The minimum Gasteiger partial charge on any atom is -0.493 e. The summed E-state index contributed by atoms with van der Waals surface area (Å²) in [5, 5.41) is 1.03. The van der Waals surface area contributed by atoms with Crippen molar-refractivity contribution in [1.29, 1.82) is 0 Å². The number of ether oxygens (including phenoxy) is 1. The Morgan fingerprint density at radius 1 is 1.20 bits per heavy atom. The van der Waals surface area contributed by atoms with Gasteiger partial charge < -0.3 is 4.74 Å². The van der Waals surface area contributed by atoms with Crippen molar-refractivity contribution in [3.8, 4) is 5.75 Å². The van der Waals surface area contributed by atoms with Crippen LogP contribution in [0.1, 0.15) is 19.3 Å². The lowest BCUT2D eigenvalue weighted by atomic mass is 10.3. The number of benzene rings is 1. The molecule has 0 saturated carbocycles. The van der Waals surface area contributed by atoms with Gasteiger partial charge in [0.25, 0.3) is 0 Å². The van der Waals surface area contributed by atoms with Gasteiger partial charge >= 0.3 is 0 Å². The number of rotatable bonds is 6. The summed E-state index contributed by atoms with van der Waals surface area (Å²) in [6.45, 7) is 0.647. The van der Waals surface area contributed by atoms with Crippen LogP contribution in [-0.4, -0.2) is 11.9 Å². The number of hydrogen-bond donors (Lipinski definition) is 0. The van der Waals surface area contributed by atoms with Crippen molar-refractivity contribution < 1.29 is 9.13 Å². The molecule has 0 atom stereocenters. The molecule has 0 aliphatic rings. The van der Waals surface area contributed by atoms with E-state index in [1.165, 1.54) is 6.07 Å². The summed E-state index contributed by atoms with van der Waals surface area (Å²) in [7, 11) is 0. The summed E-state index contributed by atoms with van der Waals surface area (Å²) >= 11 is 6.46. The summed E-state index contributed by atoms with van der Waals surface area (Å²) < 4.78 is 19.0. The second-order valence-corrected chi connectivity index (χ2v) is 4.82. The molecule has 0 bridgehead atoms. The predicted molar refractivity (Wildman–Crippen MR) is 67.2 cm³/mol. The topological polar surface area (TPSA) is 9.23 Å². The Bertz CT molecular complexity index is 305. The molecular weight excluding hydrogens is 327 g/mol. The molecule has 0 N–H and O–H groups in total. The molecule has 0 heterocycles. The molecule has 0 aromatic heterocycles. The second-order valence-electron chi connectivity index (χ2n) is 3.17. The van der Waals surface area contributed by atoms with Crippen molar-refractivity contribution in [3.05, 3.63) is 28.5 Å². The van der Waals surface area contributed by atoms with Crippen molar-refractivity contribution >= 4 is 31.9 Å². The predicted octanol–water partition coefficient (Wildman–Crippen LogP) is 4.53. The molecule has 1 rings (SSSR count). The molecule has 0 unspecified atom stereocenters. The largest absolute Gasteiger partial charge is 0.493 e. The van der Waals surface area contributed by atoms with Gasteiger partial charge in [0.15, 0.2) is 0 Å². The minimum atomic E-state index is -0.284. The highest BCUT2D eigenvalue weighted by Gasteiger charge is 2.00. The first-order chi connectivity index (χ1) is 7.24. The average molecular weight is 340 g/mol. The van der Waals surface area contributed by atoms with E-state index in [1.54, 1.807) is 12.1 Å². The Labute approximate surface area is 106 Å². The summed E-state index contributed by atoms with van der Waals surface area (Å²) in [5.41, 5.74) is 0. The molecule has 0 aliphatic carbocycles. The van der Waals surface area contributed by atoms with Crippen molar-refractivity contribution in [2.24, 2.45) is 0 Å². The van der Waals surface area contributed by atoms with Gasteiger partial charge in [-0.3, -0.25) is 0 Å².